The number of anilines is 1. The van der Waals surface area contributed by atoms with Crippen LogP contribution in [0, 0.1) is 0 Å². The van der Waals surface area contributed by atoms with E-state index in [1.807, 2.05) is 43.3 Å². The van der Waals surface area contributed by atoms with E-state index in [0.717, 1.165) is 23.2 Å². The van der Waals surface area contributed by atoms with Crippen molar-refractivity contribution in [2.45, 2.75) is 38.3 Å². The number of nitrogens with one attached hydrogen (secondary N) is 2. The first kappa shape index (κ1) is 21.8. The third kappa shape index (κ3) is 4.60. The number of carbonyl (C=O) groups is 1. The molecule has 2 heterocycles. The molecule has 0 atom stereocenters. The van der Waals surface area contributed by atoms with Crippen molar-refractivity contribution >= 4 is 28.9 Å². The molecule has 0 saturated heterocycles. The van der Waals surface area contributed by atoms with Crippen molar-refractivity contribution in [2.75, 3.05) is 11.1 Å². The number of rotatable bonds is 7. The molecule has 0 unspecified atom stereocenters. The summed E-state index contributed by atoms with van der Waals surface area (Å²) >= 11 is 1.22. The van der Waals surface area contributed by atoms with Crippen molar-refractivity contribution in [3.63, 3.8) is 0 Å². The maximum Gasteiger partial charge on any atom is 0.290 e. The summed E-state index contributed by atoms with van der Waals surface area (Å²) in [7, 11) is 0. The number of hydrogen-bond donors (Lipinski definition) is 2. The summed E-state index contributed by atoms with van der Waals surface area (Å²) in [6.07, 6.45) is 0.833. The van der Waals surface area contributed by atoms with Crippen LogP contribution in [-0.2, 0) is 11.2 Å². The highest BCUT2D eigenvalue weighted by molar-refractivity contribution is 7.99. The van der Waals surface area contributed by atoms with Gasteiger partial charge in [0.1, 0.15) is 5.52 Å². The summed E-state index contributed by atoms with van der Waals surface area (Å²) in [6.45, 7) is 6.34. The van der Waals surface area contributed by atoms with E-state index < -0.39 is 0 Å². The van der Waals surface area contributed by atoms with Crippen LogP contribution in [0.4, 0.5) is 5.69 Å². The van der Waals surface area contributed by atoms with Crippen LogP contribution in [0.15, 0.2) is 64.5 Å². The van der Waals surface area contributed by atoms with Crippen LogP contribution >= 0.6 is 11.8 Å². The lowest BCUT2D eigenvalue weighted by Crippen LogP contribution is -2.17. The molecule has 1 amide bonds. The van der Waals surface area contributed by atoms with Gasteiger partial charge < -0.3 is 5.32 Å². The molecule has 8 heteroatoms. The van der Waals surface area contributed by atoms with Gasteiger partial charge in [-0.1, -0.05) is 75.0 Å². The molecule has 2 N–H and O–H groups in total. The summed E-state index contributed by atoms with van der Waals surface area (Å²) in [5.41, 5.74) is 4.80. The number of aryl methyl sites for hydroxylation is 1. The second-order valence-corrected chi connectivity index (χ2v) is 8.73. The Morgan fingerprint density at radius 2 is 1.91 bits per heavy atom. The van der Waals surface area contributed by atoms with Crippen LogP contribution in [0.25, 0.3) is 16.8 Å². The Kier molecular flexibility index (Phi) is 6.41. The average Bonchev–Trinajstić information content (AvgIpc) is 3.26. The van der Waals surface area contributed by atoms with Gasteiger partial charge in [0.15, 0.2) is 0 Å². The van der Waals surface area contributed by atoms with E-state index in [2.05, 4.69) is 46.6 Å². The molecule has 4 rings (SSSR count). The van der Waals surface area contributed by atoms with Crippen LogP contribution in [0.3, 0.4) is 0 Å². The Morgan fingerprint density at radius 3 is 2.62 bits per heavy atom. The number of aromatic amines is 1. The number of carbonyl (C=O) groups excluding carboxylic acids is 1. The summed E-state index contributed by atoms with van der Waals surface area (Å²) in [6, 6.07) is 17.6. The van der Waals surface area contributed by atoms with E-state index >= 15 is 0 Å². The summed E-state index contributed by atoms with van der Waals surface area (Å²) in [5, 5.41) is 14.6. The highest BCUT2D eigenvalue weighted by atomic mass is 32.2. The minimum absolute atomic E-state index is 0.143. The third-order valence-corrected chi connectivity index (χ3v) is 6.18. The predicted molar refractivity (Wildman–Crippen MR) is 128 cm³/mol. The SMILES string of the molecule is CCc1ccccc1NC(=O)CSc1n[nH]c(=O)c2cc(-c3ccc(C(C)C)cc3)nn12. The molecule has 0 aliphatic heterocycles. The average molecular weight is 448 g/mol. The zero-order chi connectivity index (χ0) is 22.7. The number of hydrogen-bond acceptors (Lipinski definition) is 5. The predicted octanol–water partition coefficient (Wildman–Crippen LogP) is 4.50. The van der Waals surface area contributed by atoms with Gasteiger partial charge in [-0.15, -0.1) is 5.10 Å². The van der Waals surface area contributed by atoms with Crippen molar-refractivity contribution in [1.29, 1.82) is 0 Å². The Morgan fingerprint density at radius 1 is 1.16 bits per heavy atom. The zero-order valence-electron chi connectivity index (χ0n) is 18.3. The lowest BCUT2D eigenvalue weighted by atomic mass is 10.0. The van der Waals surface area contributed by atoms with Crippen LogP contribution in [0.1, 0.15) is 37.8 Å². The summed E-state index contributed by atoms with van der Waals surface area (Å²) < 4.78 is 1.50. The number of para-hydroxylation sites is 1. The number of amides is 1. The van der Waals surface area contributed by atoms with Gasteiger partial charge in [-0.3, -0.25) is 9.59 Å². The van der Waals surface area contributed by atoms with E-state index in [1.54, 1.807) is 6.07 Å². The summed E-state index contributed by atoms with van der Waals surface area (Å²) in [5.74, 6) is 0.439. The molecule has 0 aliphatic rings. The molecule has 32 heavy (non-hydrogen) atoms. The highest BCUT2D eigenvalue weighted by Crippen LogP contribution is 2.24. The molecule has 164 valence electrons. The van der Waals surface area contributed by atoms with Crippen molar-refractivity contribution < 1.29 is 4.79 Å². The van der Waals surface area contributed by atoms with Gasteiger partial charge in [-0.2, -0.15) is 5.10 Å². The number of fused-ring (bicyclic) bond motifs is 1. The zero-order valence-corrected chi connectivity index (χ0v) is 19.1. The van der Waals surface area contributed by atoms with Gasteiger partial charge in [-0.25, -0.2) is 9.61 Å². The Labute approximate surface area is 190 Å². The van der Waals surface area contributed by atoms with Gasteiger partial charge in [0.2, 0.25) is 11.1 Å². The number of aromatic nitrogens is 4. The maximum absolute atomic E-state index is 12.5. The van der Waals surface area contributed by atoms with Gasteiger partial charge in [0.05, 0.1) is 11.4 Å². The molecule has 2 aromatic carbocycles. The standard InChI is InChI=1S/C24H25N5O2S/c1-4-16-7-5-6-8-19(16)25-22(30)14-32-24-27-26-23(31)21-13-20(28-29(21)24)18-11-9-17(10-12-18)15(2)3/h5-13,15H,4,14H2,1-3H3,(H,25,30)(H,26,31). The molecule has 0 bridgehead atoms. The highest BCUT2D eigenvalue weighted by Gasteiger charge is 2.14. The second kappa shape index (κ2) is 9.40. The topological polar surface area (TPSA) is 92.1 Å². The second-order valence-electron chi connectivity index (χ2n) is 7.79. The van der Waals surface area contributed by atoms with Crippen LogP contribution in [0.5, 0.6) is 0 Å². The first-order valence-corrected chi connectivity index (χ1v) is 11.5. The number of nitrogens with zero attached hydrogens (tertiary/aromatic N) is 3. The minimum atomic E-state index is -0.326. The van der Waals surface area contributed by atoms with Crippen LogP contribution in [0.2, 0.25) is 0 Å². The number of benzene rings is 2. The van der Waals surface area contributed by atoms with E-state index in [-0.39, 0.29) is 17.2 Å². The molecular formula is C24H25N5O2S. The molecule has 0 radical (unpaired) electrons. The fraction of sp³-hybridized carbons (Fsp3) is 0.250. The first-order chi connectivity index (χ1) is 15.5. The van der Waals surface area contributed by atoms with Gasteiger partial charge >= 0.3 is 0 Å². The van der Waals surface area contributed by atoms with Gasteiger partial charge in [0.25, 0.3) is 5.56 Å². The molecule has 2 aromatic heterocycles. The smallest absolute Gasteiger partial charge is 0.290 e. The van der Waals surface area contributed by atoms with E-state index in [1.165, 1.54) is 21.8 Å². The lowest BCUT2D eigenvalue weighted by molar-refractivity contribution is -0.113. The van der Waals surface area contributed by atoms with Crippen molar-refractivity contribution in [3.05, 3.63) is 76.1 Å². The molecule has 0 fully saturated rings. The number of thioether (sulfide) groups is 1. The van der Waals surface area contributed by atoms with Gasteiger partial charge in [0, 0.05) is 11.3 Å². The fourth-order valence-electron chi connectivity index (χ4n) is 3.43. The quantitative estimate of drug-likeness (QED) is 0.407. The van der Waals surface area contributed by atoms with E-state index in [0.29, 0.717) is 22.3 Å². The number of H-pyrrole nitrogens is 1. The normalized spacial score (nSPS) is 11.2. The van der Waals surface area contributed by atoms with Crippen molar-refractivity contribution in [1.82, 2.24) is 19.8 Å². The van der Waals surface area contributed by atoms with Gasteiger partial charge in [-0.05, 0) is 35.6 Å². The third-order valence-electron chi connectivity index (χ3n) is 5.25. The molecule has 0 aliphatic carbocycles. The first-order valence-electron chi connectivity index (χ1n) is 10.6. The van der Waals surface area contributed by atoms with Crippen LogP contribution < -0.4 is 10.9 Å². The molecule has 7 nitrogen and oxygen atoms in total. The fourth-order valence-corrected chi connectivity index (χ4v) is 4.14. The maximum atomic E-state index is 12.5. The summed E-state index contributed by atoms with van der Waals surface area (Å²) in [4.78, 5) is 24.8. The van der Waals surface area contributed by atoms with E-state index in [4.69, 9.17) is 0 Å². The Bertz CT molecular complexity index is 1310. The molecule has 0 spiro atoms. The largest absolute Gasteiger partial charge is 0.325 e. The van der Waals surface area contributed by atoms with Crippen LogP contribution in [-0.4, -0.2) is 31.5 Å². The minimum Gasteiger partial charge on any atom is -0.325 e. The Hall–Kier alpha value is -3.39. The Balaban J connectivity index is 1.55. The van der Waals surface area contributed by atoms with Crippen molar-refractivity contribution in [3.8, 4) is 11.3 Å². The molecule has 4 aromatic rings. The monoisotopic (exact) mass is 447 g/mol. The van der Waals surface area contributed by atoms with E-state index in [9.17, 15) is 9.59 Å². The van der Waals surface area contributed by atoms with Crippen molar-refractivity contribution in [2.24, 2.45) is 0 Å². The molecule has 0 saturated carbocycles. The lowest BCUT2D eigenvalue weighted by Gasteiger charge is -2.09. The molecular weight excluding hydrogens is 422 g/mol.